The van der Waals surface area contributed by atoms with Gasteiger partial charge in [0.25, 0.3) is 0 Å². The van der Waals surface area contributed by atoms with Crippen molar-refractivity contribution in [2.45, 2.75) is 12.0 Å². The van der Waals surface area contributed by atoms with E-state index in [1.807, 2.05) is 0 Å². The van der Waals surface area contributed by atoms with E-state index in [0.717, 1.165) is 17.9 Å². The second kappa shape index (κ2) is 6.15. The predicted octanol–water partition coefficient (Wildman–Crippen LogP) is 2.61. The highest BCUT2D eigenvalue weighted by Crippen LogP contribution is 2.27. The summed E-state index contributed by atoms with van der Waals surface area (Å²) in [5.41, 5.74) is -1.53. The molecule has 1 heterocycles. The van der Waals surface area contributed by atoms with Crippen molar-refractivity contribution < 1.29 is 18.7 Å². The molecule has 1 aliphatic rings. The Balaban J connectivity index is 1.95. The number of hydrogen-bond acceptors (Lipinski definition) is 3. The van der Waals surface area contributed by atoms with Crippen LogP contribution in [0.3, 0.4) is 0 Å². The molecule has 0 aliphatic carbocycles. The van der Waals surface area contributed by atoms with E-state index in [4.69, 9.17) is 11.6 Å². The van der Waals surface area contributed by atoms with Gasteiger partial charge in [-0.2, -0.15) is 11.8 Å². The number of amides is 2. The van der Waals surface area contributed by atoms with Crippen molar-refractivity contribution in [2.75, 3.05) is 23.4 Å². The molecule has 1 atom stereocenters. The zero-order valence-corrected chi connectivity index (χ0v) is 12.0. The summed E-state index contributed by atoms with van der Waals surface area (Å²) in [6.45, 7) is 0.0304. The van der Waals surface area contributed by atoms with Crippen LogP contribution in [-0.2, 0) is 0 Å². The zero-order valence-electron chi connectivity index (χ0n) is 10.4. The molecular formula is C12H13ClF2N2O2S. The third kappa shape index (κ3) is 3.74. The predicted molar refractivity (Wildman–Crippen MR) is 75.3 cm³/mol. The van der Waals surface area contributed by atoms with E-state index in [-0.39, 0.29) is 11.6 Å². The summed E-state index contributed by atoms with van der Waals surface area (Å²) in [5, 5.41) is 14.4. The van der Waals surface area contributed by atoms with E-state index in [1.165, 1.54) is 0 Å². The minimum absolute atomic E-state index is 0.0304. The first-order chi connectivity index (χ1) is 9.39. The first-order valence-corrected chi connectivity index (χ1v) is 7.42. The first-order valence-electron chi connectivity index (χ1n) is 5.89. The molecule has 4 nitrogen and oxygen atoms in total. The molecule has 1 fully saturated rings. The smallest absolute Gasteiger partial charge is 0.319 e. The molecule has 3 N–H and O–H groups in total. The second-order valence-electron chi connectivity index (χ2n) is 4.58. The van der Waals surface area contributed by atoms with Gasteiger partial charge in [-0.1, -0.05) is 11.6 Å². The van der Waals surface area contributed by atoms with E-state index in [0.29, 0.717) is 12.2 Å². The summed E-state index contributed by atoms with van der Waals surface area (Å²) in [5.74, 6) is -0.572. The average Bonchev–Trinajstić information content (AvgIpc) is 2.79. The minimum atomic E-state index is -0.959. The Kier molecular flexibility index (Phi) is 4.72. The maximum Gasteiger partial charge on any atom is 0.319 e. The topological polar surface area (TPSA) is 61.4 Å². The number of halogens is 3. The van der Waals surface area contributed by atoms with Gasteiger partial charge in [-0.3, -0.25) is 0 Å². The molecule has 20 heavy (non-hydrogen) atoms. The van der Waals surface area contributed by atoms with Gasteiger partial charge in [-0.05, 0) is 24.3 Å². The quantitative estimate of drug-likeness (QED) is 0.801. The van der Waals surface area contributed by atoms with Crippen molar-refractivity contribution >= 4 is 35.1 Å². The van der Waals surface area contributed by atoms with Gasteiger partial charge >= 0.3 is 6.03 Å². The van der Waals surface area contributed by atoms with Crippen LogP contribution in [0.15, 0.2) is 12.1 Å². The van der Waals surface area contributed by atoms with Crippen molar-refractivity contribution in [1.29, 1.82) is 0 Å². The molecule has 0 radical (unpaired) electrons. The van der Waals surface area contributed by atoms with E-state index in [1.54, 1.807) is 11.8 Å². The van der Waals surface area contributed by atoms with Crippen molar-refractivity contribution in [1.82, 2.24) is 5.32 Å². The van der Waals surface area contributed by atoms with Crippen molar-refractivity contribution in [2.24, 2.45) is 0 Å². The average molecular weight is 323 g/mol. The van der Waals surface area contributed by atoms with Gasteiger partial charge in [0.1, 0.15) is 5.69 Å². The molecule has 1 aromatic carbocycles. The molecule has 1 unspecified atom stereocenters. The number of nitrogens with one attached hydrogen (secondary N) is 2. The molecular weight excluding hydrogens is 310 g/mol. The number of carbonyl (C=O) groups is 1. The Hall–Kier alpha value is -1.05. The second-order valence-corrected chi connectivity index (χ2v) is 6.12. The van der Waals surface area contributed by atoms with Gasteiger partial charge in [0.05, 0.1) is 5.60 Å². The SMILES string of the molecule is O=C(NCC1(O)CCSC1)Nc1c(F)cc(Cl)cc1F. The normalized spacial score (nSPS) is 21.8. The Morgan fingerprint density at radius 1 is 1.45 bits per heavy atom. The van der Waals surface area contributed by atoms with Gasteiger partial charge in [0, 0.05) is 17.3 Å². The molecule has 8 heteroatoms. The summed E-state index contributed by atoms with van der Waals surface area (Å²) in [6.07, 6.45) is 0.571. The Morgan fingerprint density at radius 2 is 2.10 bits per heavy atom. The number of benzene rings is 1. The lowest BCUT2D eigenvalue weighted by molar-refractivity contribution is 0.0706. The van der Waals surface area contributed by atoms with Gasteiger partial charge in [-0.15, -0.1) is 0 Å². The fraction of sp³-hybridized carbons (Fsp3) is 0.417. The van der Waals surface area contributed by atoms with E-state index >= 15 is 0 Å². The zero-order chi connectivity index (χ0) is 14.8. The van der Waals surface area contributed by atoms with Gasteiger partial charge in [-0.25, -0.2) is 13.6 Å². The third-order valence-corrected chi connectivity index (χ3v) is 4.36. The molecule has 110 valence electrons. The summed E-state index contributed by atoms with van der Waals surface area (Å²) >= 11 is 7.07. The van der Waals surface area contributed by atoms with Crippen LogP contribution in [0.25, 0.3) is 0 Å². The molecule has 0 saturated carbocycles. The largest absolute Gasteiger partial charge is 0.387 e. The molecule has 2 amide bonds. The van der Waals surface area contributed by atoms with E-state index in [2.05, 4.69) is 10.6 Å². The Morgan fingerprint density at radius 3 is 2.65 bits per heavy atom. The summed E-state index contributed by atoms with van der Waals surface area (Å²) in [4.78, 5) is 11.6. The highest BCUT2D eigenvalue weighted by atomic mass is 35.5. The van der Waals surface area contributed by atoms with Crippen LogP contribution in [-0.4, -0.2) is 34.8 Å². The standard InChI is InChI=1S/C12H13ClF2N2O2S/c13-7-3-8(14)10(9(15)4-7)17-11(18)16-5-12(19)1-2-20-6-12/h3-4,19H,1-2,5-6H2,(H2,16,17,18). The minimum Gasteiger partial charge on any atom is -0.387 e. The fourth-order valence-electron chi connectivity index (χ4n) is 1.80. The van der Waals surface area contributed by atoms with Crippen molar-refractivity contribution in [3.8, 4) is 0 Å². The lowest BCUT2D eigenvalue weighted by Gasteiger charge is -2.21. The van der Waals surface area contributed by atoms with E-state index in [9.17, 15) is 18.7 Å². The number of anilines is 1. The molecule has 0 bridgehead atoms. The van der Waals surface area contributed by atoms with E-state index < -0.39 is 29.0 Å². The monoisotopic (exact) mass is 322 g/mol. The maximum absolute atomic E-state index is 13.5. The van der Waals surface area contributed by atoms with Gasteiger partial charge in [0.15, 0.2) is 11.6 Å². The lowest BCUT2D eigenvalue weighted by atomic mass is 10.0. The van der Waals surface area contributed by atoms with Crippen LogP contribution < -0.4 is 10.6 Å². The number of aliphatic hydroxyl groups is 1. The van der Waals surface area contributed by atoms with Gasteiger partial charge < -0.3 is 15.7 Å². The van der Waals surface area contributed by atoms with Crippen LogP contribution in [0, 0.1) is 11.6 Å². The van der Waals surface area contributed by atoms with Crippen LogP contribution >= 0.6 is 23.4 Å². The molecule has 2 rings (SSSR count). The molecule has 1 saturated heterocycles. The van der Waals surface area contributed by atoms with Crippen molar-refractivity contribution in [3.05, 3.63) is 28.8 Å². The third-order valence-electron chi connectivity index (χ3n) is 2.91. The Labute approximate surface area is 123 Å². The van der Waals surface area contributed by atoms with Crippen LogP contribution in [0.1, 0.15) is 6.42 Å². The highest BCUT2D eigenvalue weighted by molar-refractivity contribution is 7.99. The Bertz CT molecular complexity index is 501. The van der Waals surface area contributed by atoms with Crippen LogP contribution in [0.4, 0.5) is 19.3 Å². The number of hydrogen-bond donors (Lipinski definition) is 3. The number of rotatable bonds is 3. The van der Waals surface area contributed by atoms with Crippen LogP contribution in [0.5, 0.6) is 0 Å². The fourth-order valence-corrected chi connectivity index (χ4v) is 3.29. The lowest BCUT2D eigenvalue weighted by Crippen LogP contribution is -2.44. The summed E-state index contributed by atoms with van der Waals surface area (Å²) in [7, 11) is 0. The number of carbonyl (C=O) groups excluding carboxylic acids is 1. The number of urea groups is 1. The molecule has 1 aliphatic heterocycles. The maximum atomic E-state index is 13.5. The first kappa shape index (κ1) is 15.3. The molecule has 0 spiro atoms. The molecule has 0 aromatic heterocycles. The number of thioether (sulfide) groups is 1. The molecule has 1 aromatic rings. The summed E-state index contributed by atoms with van der Waals surface area (Å²) in [6, 6.07) is 1.03. The van der Waals surface area contributed by atoms with Crippen molar-refractivity contribution in [3.63, 3.8) is 0 Å². The van der Waals surface area contributed by atoms with Crippen LogP contribution in [0.2, 0.25) is 5.02 Å². The van der Waals surface area contributed by atoms with Gasteiger partial charge in [0.2, 0.25) is 0 Å². The highest BCUT2D eigenvalue weighted by Gasteiger charge is 2.32. The summed E-state index contributed by atoms with van der Waals surface area (Å²) < 4.78 is 26.9.